The first-order valence-corrected chi connectivity index (χ1v) is 6.33. The van der Waals surface area contributed by atoms with Gasteiger partial charge in [0.25, 0.3) is 0 Å². The Labute approximate surface area is 117 Å². The molecule has 2 aromatic rings. The quantitative estimate of drug-likeness (QED) is 0.924. The van der Waals surface area contributed by atoms with E-state index in [1.54, 1.807) is 18.2 Å². The van der Waals surface area contributed by atoms with Gasteiger partial charge in [0.1, 0.15) is 5.82 Å². The van der Waals surface area contributed by atoms with Crippen LogP contribution in [0.1, 0.15) is 11.1 Å². The highest BCUT2D eigenvalue weighted by molar-refractivity contribution is 6.31. The number of halogens is 2. The molecule has 2 aromatic carbocycles. The number of benzene rings is 2. The molecular weight excluding hydrogens is 265 g/mol. The van der Waals surface area contributed by atoms with Gasteiger partial charge in [-0.3, -0.25) is 0 Å². The van der Waals surface area contributed by atoms with Crippen molar-refractivity contribution < 1.29 is 9.50 Å². The number of hydrogen-bond donors (Lipinski definition) is 1. The lowest BCUT2D eigenvalue weighted by Crippen LogP contribution is -2.16. The monoisotopic (exact) mass is 279 g/mol. The van der Waals surface area contributed by atoms with Crippen molar-refractivity contribution in [3.8, 4) is 0 Å². The number of aliphatic hydroxyl groups is 1. The average molecular weight is 280 g/mol. The highest BCUT2D eigenvalue weighted by atomic mass is 35.5. The lowest BCUT2D eigenvalue weighted by atomic mass is 10.1. The summed E-state index contributed by atoms with van der Waals surface area (Å²) in [5.74, 6) is -0.237. The topological polar surface area (TPSA) is 23.5 Å². The molecule has 0 saturated heterocycles. The molecule has 0 aromatic heterocycles. The van der Waals surface area contributed by atoms with Gasteiger partial charge in [-0.2, -0.15) is 0 Å². The maximum absolute atomic E-state index is 13.1. The maximum Gasteiger partial charge on any atom is 0.123 e. The number of rotatable bonds is 4. The van der Waals surface area contributed by atoms with Crippen LogP contribution >= 0.6 is 11.6 Å². The number of aliphatic hydroxyl groups excluding tert-OH is 1. The first-order chi connectivity index (χ1) is 9.10. The molecule has 0 aliphatic rings. The van der Waals surface area contributed by atoms with Crippen LogP contribution in [0.15, 0.2) is 42.5 Å². The Morgan fingerprint density at radius 2 is 2.00 bits per heavy atom. The van der Waals surface area contributed by atoms with E-state index >= 15 is 0 Å². The summed E-state index contributed by atoms with van der Waals surface area (Å²) >= 11 is 6.06. The second kappa shape index (κ2) is 6.04. The van der Waals surface area contributed by atoms with Gasteiger partial charge in [0.05, 0.1) is 6.61 Å². The molecule has 0 fully saturated rings. The number of nitrogens with zero attached hydrogens (tertiary/aromatic N) is 1. The Kier molecular flexibility index (Phi) is 4.40. The van der Waals surface area contributed by atoms with Crippen LogP contribution in [0.4, 0.5) is 10.1 Å². The summed E-state index contributed by atoms with van der Waals surface area (Å²) < 4.78 is 13.1. The summed E-state index contributed by atoms with van der Waals surface area (Å²) in [7, 11) is 1.91. The summed E-state index contributed by atoms with van der Waals surface area (Å²) in [5, 5.41) is 9.61. The van der Waals surface area contributed by atoms with Gasteiger partial charge >= 0.3 is 0 Å². The van der Waals surface area contributed by atoms with Gasteiger partial charge in [0, 0.05) is 24.3 Å². The third-order valence-electron chi connectivity index (χ3n) is 2.96. The van der Waals surface area contributed by atoms with E-state index in [1.807, 2.05) is 24.1 Å². The van der Waals surface area contributed by atoms with Gasteiger partial charge in [-0.15, -0.1) is 0 Å². The number of hydrogen-bond acceptors (Lipinski definition) is 2. The van der Waals surface area contributed by atoms with Gasteiger partial charge in [-0.1, -0.05) is 29.8 Å². The molecule has 0 amide bonds. The van der Waals surface area contributed by atoms with Crippen LogP contribution in [-0.2, 0) is 13.2 Å². The Morgan fingerprint density at radius 1 is 1.21 bits per heavy atom. The Bertz CT molecular complexity index is 574. The van der Waals surface area contributed by atoms with Crippen molar-refractivity contribution in [3.05, 3.63) is 64.4 Å². The molecule has 0 radical (unpaired) electrons. The molecule has 4 heteroatoms. The average Bonchev–Trinajstić information content (AvgIpc) is 2.38. The van der Waals surface area contributed by atoms with Crippen molar-refractivity contribution in [2.45, 2.75) is 13.2 Å². The van der Waals surface area contributed by atoms with Crippen LogP contribution in [0.25, 0.3) is 0 Å². The zero-order valence-electron chi connectivity index (χ0n) is 10.6. The first kappa shape index (κ1) is 13.8. The van der Waals surface area contributed by atoms with Crippen molar-refractivity contribution in [2.24, 2.45) is 0 Å². The molecule has 0 saturated carbocycles. The molecule has 0 aliphatic heterocycles. The van der Waals surface area contributed by atoms with E-state index in [1.165, 1.54) is 12.1 Å². The Balaban J connectivity index is 2.15. The second-order valence-corrected chi connectivity index (χ2v) is 4.83. The van der Waals surface area contributed by atoms with Gasteiger partial charge < -0.3 is 10.0 Å². The van der Waals surface area contributed by atoms with Crippen LogP contribution in [0.5, 0.6) is 0 Å². The fraction of sp³-hybridized carbons (Fsp3) is 0.200. The summed E-state index contributed by atoms with van der Waals surface area (Å²) in [4.78, 5) is 1.97. The van der Waals surface area contributed by atoms with E-state index in [2.05, 4.69) is 0 Å². The smallest absolute Gasteiger partial charge is 0.123 e. The fourth-order valence-electron chi connectivity index (χ4n) is 1.90. The lowest BCUT2D eigenvalue weighted by Gasteiger charge is -2.20. The van der Waals surface area contributed by atoms with Gasteiger partial charge in [0.2, 0.25) is 0 Å². The minimum absolute atomic E-state index is 0.0767. The van der Waals surface area contributed by atoms with Crippen molar-refractivity contribution in [1.82, 2.24) is 0 Å². The largest absolute Gasteiger partial charge is 0.392 e. The summed E-state index contributed by atoms with van der Waals surface area (Å²) in [5.41, 5.74) is 2.51. The standard InChI is InChI=1S/C15H15ClFNO/c1-18(9-11-3-2-4-13(17)7-11)14-6-5-12(10-19)15(16)8-14/h2-8,19H,9-10H2,1H3. The van der Waals surface area contributed by atoms with Crippen LogP contribution < -0.4 is 4.90 Å². The van der Waals surface area contributed by atoms with Crippen LogP contribution in [0.3, 0.4) is 0 Å². The molecule has 19 heavy (non-hydrogen) atoms. The molecule has 0 spiro atoms. The minimum atomic E-state index is -0.237. The van der Waals surface area contributed by atoms with E-state index in [0.29, 0.717) is 17.1 Å². The molecule has 0 heterocycles. The van der Waals surface area contributed by atoms with Crippen molar-refractivity contribution in [3.63, 3.8) is 0 Å². The second-order valence-electron chi connectivity index (χ2n) is 4.42. The Morgan fingerprint density at radius 3 is 2.63 bits per heavy atom. The molecule has 0 bridgehead atoms. The van der Waals surface area contributed by atoms with Gasteiger partial charge in [-0.25, -0.2) is 4.39 Å². The van der Waals surface area contributed by atoms with E-state index < -0.39 is 0 Å². The Hall–Kier alpha value is -1.58. The van der Waals surface area contributed by atoms with Crippen LogP contribution in [0, 0.1) is 5.82 Å². The predicted molar refractivity (Wildman–Crippen MR) is 75.9 cm³/mol. The molecular formula is C15H15ClFNO. The van der Waals surface area contributed by atoms with Crippen molar-refractivity contribution >= 4 is 17.3 Å². The highest BCUT2D eigenvalue weighted by Gasteiger charge is 2.06. The molecule has 100 valence electrons. The zero-order chi connectivity index (χ0) is 13.8. The molecule has 2 nitrogen and oxygen atoms in total. The summed E-state index contributed by atoms with van der Waals surface area (Å²) in [6.07, 6.45) is 0. The van der Waals surface area contributed by atoms with E-state index in [4.69, 9.17) is 16.7 Å². The molecule has 1 N–H and O–H groups in total. The molecule has 2 rings (SSSR count). The van der Waals surface area contributed by atoms with E-state index in [9.17, 15) is 4.39 Å². The summed E-state index contributed by atoms with van der Waals surface area (Å²) in [6, 6.07) is 12.0. The third-order valence-corrected chi connectivity index (χ3v) is 3.31. The van der Waals surface area contributed by atoms with Crippen molar-refractivity contribution in [2.75, 3.05) is 11.9 Å². The third kappa shape index (κ3) is 3.46. The first-order valence-electron chi connectivity index (χ1n) is 5.95. The van der Waals surface area contributed by atoms with Gasteiger partial charge in [0.15, 0.2) is 0 Å². The lowest BCUT2D eigenvalue weighted by molar-refractivity contribution is 0.282. The minimum Gasteiger partial charge on any atom is -0.392 e. The SMILES string of the molecule is CN(Cc1cccc(F)c1)c1ccc(CO)c(Cl)c1. The normalized spacial score (nSPS) is 10.5. The highest BCUT2D eigenvalue weighted by Crippen LogP contribution is 2.24. The van der Waals surface area contributed by atoms with Crippen LogP contribution in [-0.4, -0.2) is 12.2 Å². The van der Waals surface area contributed by atoms with Gasteiger partial charge in [-0.05, 0) is 35.4 Å². The molecule has 0 aliphatic carbocycles. The maximum atomic E-state index is 13.1. The molecule has 0 atom stereocenters. The van der Waals surface area contributed by atoms with E-state index in [0.717, 1.165) is 11.3 Å². The van der Waals surface area contributed by atoms with Crippen molar-refractivity contribution in [1.29, 1.82) is 0 Å². The van der Waals surface area contributed by atoms with E-state index in [-0.39, 0.29) is 12.4 Å². The zero-order valence-corrected chi connectivity index (χ0v) is 11.4. The fourth-order valence-corrected chi connectivity index (χ4v) is 2.14. The predicted octanol–water partition coefficient (Wildman–Crippen LogP) is 3.61. The number of anilines is 1. The van der Waals surface area contributed by atoms with Crippen LogP contribution in [0.2, 0.25) is 5.02 Å². The summed E-state index contributed by atoms with van der Waals surface area (Å²) in [6.45, 7) is 0.513. The molecule has 0 unspecified atom stereocenters.